The molecule has 2 aromatic carbocycles. The summed E-state index contributed by atoms with van der Waals surface area (Å²) in [6.45, 7) is 0. The van der Waals surface area contributed by atoms with Crippen LogP contribution < -0.4 is 4.74 Å². The molecule has 2 unspecified atom stereocenters. The standard InChI is InChI=1S/C15H11ClO3/c16-11-6-4-5-10(9-11)13-14(19-13)15(17)18-12-7-2-1-3-8-12/h1-9,13-14H. The topological polar surface area (TPSA) is 38.8 Å². The largest absolute Gasteiger partial charge is 0.425 e. The van der Waals surface area contributed by atoms with Gasteiger partial charge < -0.3 is 9.47 Å². The van der Waals surface area contributed by atoms with E-state index < -0.39 is 6.10 Å². The van der Waals surface area contributed by atoms with Crippen molar-refractivity contribution in [3.05, 3.63) is 65.2 Å². The molecule has 4 heteroatoms. The summed E-state index contributed by atoms with van der Waals surface area (Å²) < 4.78 is 10.6. The van der Waals surface area contributed by atoms with Crippen molar-refractivity contribution in [2.75, 3.05) is 0 Å². The van der Waals surface area contributed by atoms with Gasteiger partial charge >= 0.3 is 5.97 Å². The van der Waals surface area contributed by atoms with Gasteiger partial charge in [-0.3, -0.25) is 0 Å². The van der Waals surface area contributed by atoms with Crippen LogP contribution in [0.2, 0.25) is 5.02 Å². The van der Waals surface area contributed by atoms with Crippen LogP contribution in [0.1, 0.15) is 11.7 Å². The molecule has 0 aromatic heterocycles. The second-order valence-electron chi connectivity index (χ2n) is 4.27. The fraction of sp³-hybridized carbons (Fsp3) is 0.133. The monoisotopic (exact) mass is 274 g/mol. The minimum Gasteiger partial charge on any atom is -0.425 e. The molecule has 1 saturated heterocycles. The molecule has 2 atom stereocenters. The Balaban J connectivity index is 1.65. The SMILES string of the molecule is O=C(Oc1ccccc1)C1OC1c1cccc(Cl)c1. The number of carbonyl (C=O) groups is 1. The van der Waals surface area contributed by atoms with Crippen molar-refractivity contribution in [1.29, 1.82) is 0 Å². The first-order chi connectivity index (χ1) is 9.24. The molecule has 0 saturated carbocycles. The van der Waals surface area contributed by atoms with Gasteiger partial charge in [0.25, 0.3) is 0 Å². The Labute approximate surface area is 115 Å². The molecule has 3 rings (SSSR count). The number of epoxide rings is 1. The fourth-order valence-corrected chi connectivity index (χ4v) is 2.09. The maximum absolute atomic E-state index is 11.9. The zero-order chi connectivity index (χ0) is 13.2. The number of para-hydroxylation sites is 1. The third kappa shape index (κ3) is 2.78. The molecule has 1 aliphatic rings. The Hall–Kier alpha value is -1.84. The number of ether oxygens (including phenoxy) is 2. The van der Waals surface area contributed by atoms with Crippen molar-refractivity contribution in [3.63, 3.8) is 0 Å². The van der Waals surface area contributed by atoms with Crippen molar-refractivity contribution >= 4 is 17.6 Å². The summed E-state index contributed by atoms with van der Waals surface area (Å²) in [6, 6.07) is 16.2. The van der Waals surface area contributed by atoms with Gasteiger partial charge in [-0.15, -0.1) is 0 Å². The quantitative estimate of drug-likeness (QED) is 0.489. The third-order valence-corrected chi connectivity index (χ3v) is 3.10. The zero-order valence-corrected chi connectivity index (χ0v) is 10.7. The van der Waals surface area contributed by atoms with Crippen molar-refractivity contribution in [1.82, 2.24) is 0 Å². The zero-order valence-electron chi connectivity index (χ0n) is 9.95. The van der Waals surface area contributed by atoms with E-state index in [0.717, 1.165) is 5.56 Å². The summed E-state index contributed by atoms with van der Waals surface area (Å²) in [5.41, 5.74) is 0.891. The van der Waals surface area contributed by atoms with Gasteiger partial charge in [-0.2, -0.15) is 0 Å². The molecule has 0 radical (unpaired) electrons. The van der Waals surface area contributed by atoms with Crippen molar-refractivity contribution < 1.29 is 14.3 Å². The summed E-state index contributed by atoms with van der Waals surface area (Å²) in [7, 11) is 0. The number of benzene rings is 2. The number of rotatable bonds is 3. The van der Waals surface area contributed by atoms with Crippen LogP contribution >= 0.6 is 11.6 Å². The molecule has 0 spiro atoms. The first-order valence-corrected chi connectivity index (χ1v) is 6.29. The predicted octanol–water partition coefficient (Wildman–Crippen LogP) is 3.39. The second kappa shape index (κ2) is 5.03. The lowest BCUT2D eigenvalue weighted by Crippen LogP contribution is -2.15. The molecule has 1 aliphatic heterocycles. The van der Waals surface area contributed by atoms with Crippen molar-refractivity contribution in [2.45, 2.75) is 12.2 Å². The molecule has 0 N–H and O–H groups in total. The van der Waals surface area contributed by atoms with Gasteiger partial charge in [-0.1, -0.05) is 41.9 Å². The van der Waals surface area contributed by atoms with Crippen LogP contribution in [0.4, 0.5) is 0 Å². The van der Waals surface area contributed by atoms with Crippen LogP contribution in [0.5, 0.6) is 5.75 Å². The van der Waals surface area contributed by atoms with Crippen LogP contribution in [0.3, 0.4) is 0 Å². The molecule has 0 aliphatic carbocycles. The van der Waals surface area contributed by atoms with Gasteiger partial charge in [-0.25, -0.2) is 4.79 Å². The van der Waals surface area contributed by atoms with Gasteiger partial charge in [0, 0.05) is 5.02 Å². The minimum atomic E-state index is -0.543. The van der Waals surface area contributed by atoms with E-state index in [1.807, 2.05) is 30.3 Å². The first kappa shape index (κ1) is 12.2. The number of hydrogen-bond donors (Lipinski definition) is 0. The van der Waals surface area contributed by atoms with E-state index in [0.29, 0.717) is 10.8 Å². The van der Waals surface area contributed by atoms with E-state index in [-0.39, 0.29) is 12.1 Å². The lowest BCUT2D eigenvalue weighted by Gasteiger charge is -2.01. The van der Waals surface area contributed by atoms with Gasteiger partial charge in [0.15, 0.2) is 6.10 Å². The highest BCUT2D eigenvalue weighted by Crippen LogP contribution is 2.40. The van der Waals surface area contributed by atoms with E-state index in [1.165, 1.54) is 0 Å². The highest BCUT2D eigenvalue weighted by molar-refractivity contribution is 6.30. The fourth-order valence-electron chi connectivity index (χ4n) is 1.89. The average Bonchev–Trinajstić information content (AvgIpc) is 3.20. The predicted molar refractivity (Wildman–Crippen MR) is 71.1 cm³/mol. The maximum atomic E-state index is 11.9. The molecule has 1 heterocycles. The van der Waals surface area contributed by atoms with Crippen LogP contribution in [-0.4, -0.2) is 12.1 Å². The highest BCUT2D eigenvalue weighted by Gasteiger charge is 2.47. The van der Waals surface area contributed by atoms with Gasteiger partial charge in [0.1, 0.15) is 11.9 Å². The van der Waals surface area contributed by atoms with Gasteiger partial charge in [0.2, 0.25) is 0 Å². The van der Waals surface area contributed by atoms with E-state index in [1.54, 1.807) is 24.3 Å². The number of halogens is 1. The molecule has 0 bridgehead atoms. The third-order valence-electron chi connectivity index (χ3n) is 2.86. The summed E-state index contributed by atoms with van der Waals surface area (Å²) in [4.78, 5) is 11.9. The Bertz CT molecular complexity index is 597. The summed E-state index contributed by atoms with van der Waals surface area (Å²) in [5, 5.41) is 0.628. The maximum Gasteiger partial charge on any atom is 0.343 e. The Morgan fingerprint density at radius 3 is 2.63 bits per heavy atom. The number of carbonyl (C=O) groups excluding carboxylic acids is 1. The summed E-state index contributed by atoms with van der Waals surface area (Å²) in [5.74, 6) is 0.143. The minimum absolute atomic E-state index is 0.255. The highest BCUT2D eigenvalue weighted by atomic mass is 35.5. The summed E-state index contributed by atoms with van der Waals surface area (Å²) in [6.07, 6.45) is -0.798. The smallest absolute Gasteiger partial charge is 0.343 e. The van der Waals surface area contributed by atoms with E-state index in [4.69, 9.17) is 21.1 Å². The lowest BCUT2D eigenvalue weighted by molar-refractivity contribution is -0.135. The Morgan fingerprint density at radius 2 is 1.89 bits per heavy atom. The van der Waals surface area contributed by atoms with Crippen LogP contribution in [0.15, 0.2) is 54.6 Å². The molecule has 19 heavy (non-hydrogen) atoms. The number of hydrogen-bond acceptors (Lipinski definition) is 3. The molecule has 2 aromatic rings. The molecule has 1 fully saturated rings. The average molecular weight is 275 g/mol. The molecular weight excluding hydrogens is 264 g/mol. The number of esters is 1. The van der Waals surface area contributed by atoms with Gasteiger partial charge in [-0.05, 0) is 29.8 Å². The normalized spacial score (nSPS) is 20.9. The van der Waals surface area contributed by atoms with Crippen molar-refractivity contribution in [2.24, 2.45) is 0 Å². The van der Waals surface area contributed by atoms with Crippen LogP contribution in [0.25, 0.3) is 0 Å². The van der Waals surface area contributed by atoms with Gasteiger partial charge in [0.05, 0.1) is 0 Å². The molecule has 3 nitrogen and oxygen atoms in total. The Morgan fingerprint density at radius 1 is 1.11 bits per heavy atom. The lowest BCUT2D eigenvalue weighted by atomic mass is 10.1. The molecular formula is C15H11ClO3. The van der Waals surface area contributed by atoms with E-state index in [2.05, 4.69) is 0 Å². The molecule has 0 amide bonds. The summed E-state index contributed by atoms with van der Waals surface area (Å²) >= 11 is 5.90. The Kier molecular flexibility index (Phi) is 3.23. The van der Waals surface area contributed by atoms with E-state index >= 15 is 0 Å². The molecule has 96 valence electrons. The van der Waals surface area contributed by atoms with Crippen LogP contribution in [-0.2, 0) is 9.53 Å². The second-order valence-corrected chi connectivity index (χ2v) is 4.70. The van der Waals surface area contributed by atoms with Crippen molar-refractivity contribution in [3.8, 4) is 5.75 Å². The van der Waals surface area contributed by atoms with E-state index in [9.17, 15) is 4.79 Å². The first-order valence-electron chi connectivity index (χ1n) is 5.92. The van der Waals surface area contributed by atoms with Crippen LogP contribution in [0, 0.1) is 0 Å².